The van der Waals surface area contributed by atoms with E-state index in [0.717, 1.165) is 16.7 Å². The second kappa shape index (κ2) is 8.29. The van der Waals surface area contributed by atoms with Gasteiger partial charge in [-0.1, -0.05) is 55.0 Å². The summed E-state index contributed by atoms with van der Waals surface area (Å²) in [6.45, 7) is 6.03. The van der Waals surface area contributed by atoms with Gasteiger partial charge in [0.1, 0.15) is 0 Å². The van der Waals surface area contributed by atoms with Crippen LogP contribution in [0, 0.1) is 13.8 Å². The maximum atomic E-state index is 12.1. The fourth-order valence-electron chi connectivity index (χ4n) is 2.38. The van der Waals surface area contributed by atoms with Crippen molar-refractivity contribution < 1.29 is 14.3 Å². The zero-order valence-corrected chi connectivity index (χ0v) is 14.3. The summed E-state index contributed by atoms with van der Waals surface area (Å²) in [6.07, 6.45) is 0. The molecule has 0 heterocycles. The number of aryl methyl sites for hydroxylation is 2. The molecule has 0 spiro atoms. The van der Waals surface area contributed by atoms with Crippen LogP contribution < -0.4 is 5.32 Å². The van der Waals surface area contributed by atoms with E-state index in [1.54, 1.807) is 6.07 Å². The quantitative estimate of drug-likeness (QED) is 0.828. The fraction of sp³-hybridized carbons (Fsp3) is 0.300. The van der Waals surface area contributed by atoms with E-state index >= 15 is 0 Å². The van der Waals surface area contributed by atoms with Gasteiger partial charge in [0.15, 0.2) is 6.61 Å². The molecule has 4 nitrogen and oxygen atoms in total. The lowest BCUT2D eigenvalue weighted by Crippen LogP contribution is -2.31. The first-order chi connectivity index (χ1) is 11.5. The second-order valence-corrected chi connectivity index (χ2v) is 6.01. The lowest BCUT2D eigenvalue weighted by Gasteiger charge is -2.13. The van der Waals surface area contributed by atoms with E-state index in [1.165, 1.54) is 0 Å². The zero-order valence-electron chi connectivity index (χ0n) is 14.3. The Hall–Kier alpha value is -2.62. The third-order valence-electron chi connectivity index (χ3n) is 3.92. The molecule has 0 aliphatic rings. The highest BCUT2D eigenvalue weighted by atomic mass is 16.5. The smallest absolute Gasteiger partial charge is 0.338 e. The van der Waals surface area contributed by atoms with Crippen LogP contribution in [0.15, 0.2) is 48.5 Å². The third-order valence-corrected chi connectivity index (χ3v) is 3.92. The molecule has 0 aliphatic carbocycles. The topological polar surface area (TPSA) is 55.4 Å². The van der Waals surface area contributed by atoms with Crippen LogP contribution >= 0.6 is 0 Å². The largest absolute Gasteiger partial charge is 0.452 e. The van der Waals surface area contributed by atoms with Gasteiger partial charge in [0, 0.05) is 6.54 Å². The minimum absolute atomic E-state index is 0.199. The molecular weight excluding hydrogens is 302 g/mol. The molecular formula is C20H23NO3. The van der Waals surface area contributed by atoms with E-state index in [9.17, 15) is 9.59 Å². The second-order valence-electron chi connectivity index (χ2n) is 6.01. The van der Waals surface area contributed by atoms with Crippen molar-refractivity contribution in [2.24, 2.45) is 0 Å². The van der Waals surface area contributed by atoms with Gasteiger partial charge in [0.2, 0.25) is 0 Å². The lowest BCUT2D eigenvalue weighted by atomic mass is 10.0. The predicted octanol–water partition coefficient (Wildman–Crippen LogP) is 3.38. The van der Waals surface area contributed by atoms with Crippen LogP contribution in [0.25, 0.3) is 0 Å². The molecule has 4 heteroatoms. The number of benzene rings is 2. The Morgan fingerprint density at radius 3 is 2.50 bits per heavy atom. The van der Waals surface area contributed by atoms with Crippen molar-refractivity contribution in [2.75, 3.05) is 13.2 Å². The van der Waals surface area contributed by atoms with Crippen molar-refractivity contribution in [1.29, 1.82) is 0 Å². The van der Waals surface area contributed by atoms with Gasteiger partial charge in [-0.3, -0.25) is 4.79 Å². The summed E-state index contributed by atoms with van der Waals surface area (Å²) in [5.41, 5.74) is 3.48. The van der Waals surface area contributed by atoms with Crippen molar-refractivity contribution >= 4 is 11.9 Å². The van der Waals surface area contributed by atoms with Gasteiger partial charge >= 0.3 is 5.97 Å². The minimum atomic E-state index is -0.470. The number of nitrogens with one attached hydrogen (secondary N) is 1. The third kappa shape index (κ3) is 4.95. The average Bonchev–Trinajstić information content (AvgIpc) is 2.60. The molecule has 0 aromatic heterocycles. The Morgan fingerprint density at radius 1 is 1.08 bits per heavy atom. The van der Waals surface area contributed by atoms with Crippen molar-refractivity contribution in [2.45, 2.75) is 26.7 Å². The highest BCUT2D eigenvalue weighted by molar-refractivity contribution is 5.92. The Bertz CT molecular complexity index is 710. The first-order valence-electron chi connectivity index (χ1n) is 8.03. The van der Waals surface area contributed by atoms with Gasteiger partial charge in [-0.15, -0.1) is 0 Å². The molecule has 1 amide bonds. The molecule has 2 rings (SSSR count). The number of amides is 1. The predicted molar refractivity (Wildman–Crippen MR) is 94.1 cm³/mol. The number of rotatable bonds is 6. The number of hydrogen-bond donors (Lipinski definition) is 1. The molecule has 0 saturated heterocycles. The number of carbonyl (C=O) groups excluding carboxylic acids is 2. The van der Waals surface area contributed by atoms with Crippen molar-refractivity contribution in [3.63, 3.8) is 0 Å². The highest BCUT2D eigenvalue weighted by Crippen LogP contribution is 2.13. The van der Waals surface area contributed by atoms with Gasteiger partial charge in [-0.25, -0.2) is 4.79 Å². The summed E-state index contributed by atoms with van der Waals surface area (Å²) in [6, 6.07) is 15.5. The number of esters is 1. The molecule has 2 aromatic carbocycles. The Kier molecular flexibility index (Phi) is 6.13. The van der Waals surface area contributed by atoms with Gasteiger partial charge in [0.05, 0.1) is 5.56 Å². The number of hydrogen-bond acceptors (Lipinski definition) is 3. The van der Waals surface area contributed by atoms with E-state index < -0.39 is 5.97 Å². The molecule has 126 valence electrons. The summed E-state index contributed by atoms with van der Waals surface area (Å²) < 4.78 is 5.11. The van der Waals surface area contributed by atoms with Crippen LogP contribution in [0.5, 0.6) is 0 Å². The zero-order chi connectivity index (χ0) is 17.5. The first-order valence-corrected chi connectivity index (χ1v) is 8.03. The van der Waals surface area contributed by atoms with Crippen LogP contribution in [0.4, 0.5) is 0 Å². The number of ether oxygens (including phenoxy) is 1. The molecule has 1 N–H and O–H groups in total. The van der Waals surface area contributed by atoms with Gasteiger partial charge in [0.25, 0.3) is 5.91 Å². The van der Waals surface area contributed by atoms with Crippen LogP contribution in [0.2, 0.25) is 0 Å². The summed E-state index contributed by atoms with van der Waals surface area (Å²) in [4.78, 5) is 24.0. The van der Waals surface area contributed by atoms with E-state index in [-0.39, 0.29) is 18.4 Å². The van der Waals surface area contributed by atoms with Crippen molar-refractivity contribution in [3.8, 4) is 0 Å². The molecule has 0 radical (unpaired) electrons. The highest BCUT2D eigenvalue weighted by Gasteiger charge is 2.13. The molecule has 2 aromatic rings. The van der Waals surface area contributed by atoms with E-state index in [4.69, 9.17) is 4.74 Å². The van der Waals surface area contributed by atoms with Crippen LogP contribution in [-0.4, -0.2) is 25.0 Å². The number of carbonyl (C=O) groups is 2. The normalized spacial score (nSPS) is 11.6. The van der Waals surface area contributed by atoms with E-state index in [2.05, 4.69) is 5.32 Å². The first kappa shape index (κ1) is 17.7. The maximum absolute atomic E-state index is 12.1. The van der Waals surface area contributed by atoms with Crippen molar-refractivity contribution in [3.05, 3.63) is 70.8 Å². The maximum Gasteiger partial charge on any atom is 0.338 e. The summed E-state index contributed by atoms with van der Waals surface area (Å²) in [5.74, 6) is -0.566. The van der Waals surface area contributed by atoms with Crippen molar-refractivity contribution in [1.82, 2.24) is 5.32 Å². The molecule has 0 aliphatic heterocycles. The fourth-order valence-corrected chi connectivity index (χ4v) is 2.38. The minimum Gasteiger partial charge on any atom is -0.452 e. The molecule has 0 fully saturated rings. The van der Waals surface area contributed by atoms with E-state index in [1.807, 2.05) is 63.2 Å². The molecule has 0 unspecified atom stereocenters. The van der Waals surface area contributed by atoms with Crippen LogP contribution in [-0.2, 0) is 9.53 Å². The van der Waals surface area contributed by atoms with Gasteiger partial charge in [-0.05, 0) is 37.0 Å². The standard InChI is InChI=1S/C20H23NO3/c1-14-9-10-15(2)18(11-14)20(23)24-13-19(22)21-12-16(3)17-7-5-4-6-8-17/h4-11,16H,12-13H2,1-3H3,(H,21,22)/t16-/m1/s1. The average molecular weight is 325 g/mol. The lowest BCUT2D eigenvalue weighted by molar-refractivity contribution is -0.124. The monoisotopic (exact) mass is 325 g/mol. The summed E-state index contributed by atoms with van der Waals surface area (Å²) in [5, 5.41) is 2.80. The SMILES string of the molecule is Cc1ccc(C)c(C(=O)OCC(=O)NC[C@@H](C)c2ccccc2)c1. The molecule has 0 bridgehead atoms. The van der Waals surface area contributed by atoms with Crippen LogP contribution in [0.3, 0.4) is 0 Å². The Labute approximate surface area is 142 Å². The Morgan fingerprint density at radius 2 is 1.79 bits per heavy atom. The molecule has 24 heavy (non-hydrogen) atoms. The molecule has 0 saturated carbocycles. The molecule has 1 atom stereocenters. The van der Waals surface area contributed by atoms with Crippen LogP contribution in [0.1, 0.15) is 39.9 Å². The van der Waals surface area contributed by atoms with E-state index in [0.29, 0.717) is 12.1 Å². The van der Waals surface area contributed by atoms with Gasteiger partial charge < -0.3 is 10.1 Å². The summed E-state index contributed by atoms with van der Waals surface area (Å²) >= 11 is 0. The van der Waals surface area contributed by atoms with Gasteiger partial charge in [-0.2, -0.15) is 0 Å². The Balaban J connectivity index is 1.81. The summed E-state index contributed by atoms with van der Waals surface area (Å²) in [7, 11) is 0.